The van der Waals surface area contributed by atoms with Crippen molar-refractivity contribution in [1.82, 2.24) is 15.0 Å². The summed E-state index contributed by atoms with van der Waals surface area (Å²) in [7, 11) is 0. The molecule has 3 nitrogen and oxygen atoms in total. The van der Waals surface area contributed by atoms with E-state index < -0.39 is 0 Å². The van der Waals surface area contributed by atoms with Crippen molar-refractivity contribution in [3.8, 4) is 56.4 Å². The minimum absolute atomic E-state index is 0.665. The van der Waals surface area contributed by atoms with E-state index >= 15 is 0 Å². The fraction of sp³-hybridized carbons (Fsp3) is 0. The first-order chi connectivity index (χ1) is 28.2. The van der Waals surface area contributed by atoms with Gasteiger partial charge in [0, 0.05) is 82.8 Å². The van der Waals surface area contributed by atoms with Gasteiger partial charge in [0.2, 0.25) is 0 Å². The Hall–Kier alpha value is -6.57. The molecule has 0 spiro atoms. The first-order valence-corrected chi connectivity index (χ1v) is 21.4. The molecule has 0 aliphatic rings. The smallest absolute Gasteiger partial charge is 0.165 e. The van der Waals surface area contributed by atoms with Gasteiger partial charge >= 0.3 is 0 Å². The van der Waals surface area contributed by atoms with Gasteiger partial charge in [0.1, 0.15) is 0 Å². The zero-order valence-electron chi connectivity index (χ0n) is 30.3. The van der Waals surface area contributed by atoms with Crippen molar-refractivity contribution in [1.29, 1.82) is 0 Å². The van der Waals surface area contributed by atoms with Crippen LogP contribution >= 0.6 is 34.0 Å². The molecule has 0 aliphatic heterocycles. The summed E-state index contributed by atoms with van der Waals surface area (Å²) in [5.74, 6) is 2.01. The molecule has 6 heteroatoms. The minimum atomic E-state index is 0.665. The van der Waals surface area contributed by atoms with E-state index in [1.807, 2.05) is 59.1 Å². The van der Waals surface area contributed by atoms with Gasteiger partial charge in [-0.1, -0.05) is 133 Å². The Kier molecular flexibility index (Phi) is 7.45. The molecular formula is C51H29N3S3. The van der Waals surface area contributed by atoms with Gasteiger partial charge in [0.05, 0.1) is 0 Å². The number of aromatic nitrogens is 3. The summed E-state index contributed by atoms with van der Waals surface area (Å²) in [6.07, 6.45) is 0. The minimum Gasteiger partial charge on any atom is -0.208 e. The zero-order chi connectivity index (χ0) is 37.5. The van der Waals surface area contributed by atoms with E-state index in [-0.39, 0.29) is 0 Å². The number of hydrogen-bond acceptors (Lipinski definition) is 6. The maximum atomic E-state index is 5.09. The summed E-state index contributed by atoms with van der Waals surface area (Å²) in [4.78, 5) is 15.1. The van der Waals surface area contributed by atoms with Crippen LogP contribution in [0.5, 0.6) is 0 Å². The quantitative estimate of drug-likeness (QED) is 0.175. The first-order valence-electron chi connectivity index (χ1n) is 18.9. The van der Waals surface area contributed by atoms with Crippen LogP contribution < -0.4 is 0 Å². The van der Waals surface area contributed by atoms with E-state index in [9.17, 15) is 0 Å². The molecule has 4 aromatic heterocycles. The summed E-state index contributed by atoms with van der Waals surface area (Å²) < 4.78 is 7.68. The van der Waals surface area contributed by atoms with Gasteiger partial charge < -0.3 is 0 Å². The van der Waals surface area contributed by atoms with E-state index in [0.717, 1.165) is 16.7 Å². The Morgan fingerprint density at radius 3 is 1.54 bits per heavy atom. The number of fused-ring (bicyclic) bond motifs is 9. The summed E-state index contributed by atoms with van der Waals surface area (Å²) >= 11 is 5.58. The molecule has 0 atom stereocenters. The average Bonchev–Trinajstić information content (AvgIpc) is 3.97. The van der Waals surface area contributed by atoms with Gasteiger partial charge in [-0.3, -0.25) is 0 Å². The molecule has 8 aromatic carbocycles. The average molecular weight is 780 g/mol. The molecule has 0 saturated carbocycles. The van der Waals surface area contributed by atoms with Gasteiger partial charge in [0.25, 0.3) is 0 Å². The molecule has 0 radical (unpaired) electrons. The predicted octanol–water partition coefficient (Wildman–Crippen LogP) is 15.3. The molecule has 266 valence electrons. The number of nitrogens with zero attached hydrogens (tertiary/aromatic N) is 3. The Balaban J connectivity index is 1.05. The molecule has 0 aliphatic carbocycles. The number of rotatable bonds is 5. The molecular weight excluding hydrogens is 751 g/mol. The van der Waals surface area contributed by atoms with E-state index in [2.05, 4.69) is 140 Å². The molecule has 0 bridgehead atoms. The number of benzene rings is 8. The normalized spacial score (nSPS) is 11.9. The SMILES string of the molecule is c1ccc(-c2nc(-c3ccccc3)nc(-c3cccc4c3sc3ccc(-c5cc(-c6cccc7c6sc6ccccc67)c6c(c5)sc5ccccc56)cc34)n2)cc1. The number of thiophene rings is 3. The summed E-state index contributed by atoms with van der Waals surface area (Å²) in [5.41, 5.74) is 7.94. The summed E-state index contributed by atoms with van der Waals surface area (Å²) in [5, 5.41) is 7.72. The van der Waals surface area contributed by atoms with E-state index in [1.165, 1.54) is 82.8 Å². The standard InChI is InChI=1S/C51H29N3S3/c1-3-13-30(14-4-1)49-52-50(31-15-5-2-6-16-31)54-51(53-49)39-22-12-20-36-40-27-32(25-26-44(40)57-48(36)39)33-28-41(46-38-18-8-10-24-43(38)55-45(46)29-33)37-21-11-19-35-34-17-7-9-23-42(34)56-47(35)37/h1-29H. The molecule has 12 aromatic rings. The molecule has 0 N–H and O–H groups in total. The topological polar surface area (TPSA) is 38.7 Å². The predicted molar refractivity (Wildman–Crippen MR) is 246 cm³/mol. The van der Waals surface area contributed by atoms with Crippen LogP contribution in [0.2, 0.25) is 0 Å². The highest BCUT2D eigenvalue weighted by Gasteiger charge is 2.20. The van der Waals surface area contributed by atoms with Gasteiger partial charge in [-0.25, -0.2) is 15.0 Å². The number of hydrogen-bond donors (Lipinski definition) is 0. The van der Waals surface area contributed by atoms with Crippen LogP contribution in [0.15, 0.2) is 176 Å². The van der Waals surface area contributed by atoms with Gasteiger partial charge in [-0.05, 0) is 59.2 Å². The lowest BCUT2D eigenvalue weighted by Crippen LogP contribution is -2.00. The van der Waals surface area contributed by atoms with Gasteiger partial charge in [-0.15, -0.1) is 34.0 Å². The van der Waals surface area contributed by atoms with Crippen LogP contribution in [0.1, 0.15) is 0 Å². The lowest BCUT2D eigenvalue weighted by molar-refractivity contribution is 1.08. The molecule has 4 heterocycles. The molecule has 0 unspecified atom stereocenters. The second-order valence-electron chi connectivity index (χ2n) is 14.3. The first kappa shape index (κ1) is 32.7. The second kappa shape index (κ2) is 13.0. The van der Waals surface area contributed by atoms with Crippen LogP contribution in [-0.2, 0) is 0 Å². The van der Waals surface area contributed by atoms with Crippen molar-refractivity contribution in [2.24, 2.45) is 0 Å². The van der Waals surface area contributed by atoms with Crippen LogP contribution in [0, 0.1) is 0 Å². The lowest BCUT2D eigenvalue weighted by atomic mass is 9.93. The third-order valence-corrected chi connectivity index (χ3v) is 14.5. The monoisotopic (exact) mass is 779 g/mol. The highest BCUT2D eigenvalue weighted by molar-refractivity contribution is 7.27. The highest BCUT2D eigenvalue weighted by Crippen LogP contribution is 2.48. The van der Waals surface area contributed by atoms with Gasteiger partial charge in [-0.2, -0.15) is 0 Å². The van der Waals surface area contributed by atoms with Crippen molar-refractivity contribution >= 4 is 94.5 Å². The van der Waals surface area contributed by atoms with Crippen molar-refractivity contribution in [2.45, 2.75) is 0 Å². The van der Waals surface area contributed by atoms with Crippen molar-refractivity contribution < 1.29 is 0 Å². The maximum Gasteiger partial charge on any atom is 0.165 e. The maximum absolute atomic E-state index is 5.09. The van der Waals surface area contributed by atoms with Crippen LogP contribution in [0.3, 0.4) is 0 Å². The van der Waals surface area contributed by atoms with Crippen molar-refractivity contribution in [3.05, 3.63) is 176 Å². The Morgan fingerprint density at radius 2 is 0.825 bits per heavy atom. The van der Waals surface area contributed by atoms with E-state index in [0.29, 0.717) is 17.5 Å². The molecule has 12 rings (SSSR count). The van der Waals surface area contributed by atoms with Crippen LogP contribution in [0.25, 0.3) is 117 Å². The molecule has 0 amide bonds. The Morgan fingerprint density at radius 1 is 0.281 bits per heavy atom. The lowest BCUT2D eigenvalue weighted by Gasteiger charge is -2.11. The molecule has 57 heavy (non-hydrogen) atoms. The zero-order valence-corrected chi connectivity index (χ0v) is 32.8. The van der Waals surface area contributed by atoms with E-state index in [4.69, 9.17) is 15.0 Å². The summed E-state index contributed by atoms with van der Waals surface area (Å²) in [6, 6.07) is 63.1. The Bertz CT molecular complexity index is 3470. The third-order valence-electron chi connectivity index (χ3n) is 10.9. The fourth-order valence-electron chi connectivity index (χ4n) is 8.28. The highest BCUT2D eigenvalue weighted by atomic mass is 32.1. The van der Waals surface area contributed by atoms with Gasteiger partial charge in [0.15, 0.2) is 17.5 Å². The fourth-order valence-corrected chi connectivity index (χ4v) is 11.9. The van der Waals surface area contributed by atoms with E-state index in [1.54, 1.807) is 11.3 Å². The second-order valence-corrected chi connectivity index (χ2v) is 17.5. The molecule has 0 saturated heterocycles. The van der Waals surface area contributed by atoms with Crippen LogP contribution in [-0.4, -0.2) is 15.0 Å². The van der Waals surface area contributed by atoms with Crippen LogP contribution in [0.4, 0.5) is 0 Å². The Labute approximate surface area is 339 Å². The molecule has 0 fully saturated rings. The van der Waals surface area contributed by atoms with Crippen molar-refractivity contribution in [2.75, 3.05) is 0 Å². The third kappa shape index (κ3) is 5.33. The van der Waals surface area contributed by atoms with Crippen molar-refractivity contribution in [3.63, 3.8) is 0 Å². The largest absolute Gasteiger partial charge is 0.208 e. The summed E-state index contributed by atoms with van der Waals surface area (Å²) in [6.45, 7) is 0.